The summed E-state index contributed by atoms with van der Waals surface area (Å²) in [6, 6.07) is 2.34. The molecule has 0 aliphatic carbocycles. The van der Waals surface area contributed by atoms with Crippen LogP contribution in [0.3, 0.4) is 0 Å². The summed E-state index contributed by atoms with van der Waals surface area (Å²) in [5, 5.41) is 2.72. The Hall–Kier alpha value is -4.26. The van der Waals surface area contributed by atoms with Gasteiger partial charge in [-0.1, -0.05) is 60.3 Å². The van der Waals surface area contributed by atoms with Gasteiger partial charge in [-0.25, -0.2) is 24.5 Å². The van der Waals surface area contributed by atoms with Crippen LogP contribution in [0.25, 0.3) is 11.2 Å². The first-order chi connectivity index (χ1) is 30.7. The molecular weight excluding hydrogens is 953 g/mol. The zero-order valence-electron chi connectivity index (χ0n) is 38.5. The molecule has 362 valence electrons. The molecule has 0 bridgehead atoms. The fourth-order valence-electron chi connectivity index (χ4n) is 6.85. The number of carbonyl (C=O) groups excluding carboxylic acids is 4. The van der Waals surface area contributed by atoms with Crippen LogP contribution in [0, 0.1) is 0 Å². The summed E-state index contributed by atoms with van der Waals surface area (Å²) in [5.41, 5.74) is 6.37. The van der Waals surface area contributed by atoms with Gasteiger partial charge in [-0.3, -0.25) is 23.2 Å². The van der Waals surface area contributed by atoms with E-state index < -0.39 is 111 Å². The van der Waals surface area contributed by atoms with Gasteiger partial charge in [0.2, 0.25) is 11.3 Å². The van der Waals surface area contributed by atoms with Crippen LogP contribution in [0.15, 0.2) is 54.1 Å². The number of hydrogen-bond donors (Lipinski definition) is 3. The molecule has 3 aliphatic rings. The lowest BCUT2D eigenvalue weighted by molar-refractivity contribution is -0.152. The van der Waals surface area contributed by atoms with E-state index in [1.807, 2.05) is 13.1 Å². The van der Waals surface area contributed by atoms with E-state index in [0.717, 1.165) is 9.78 Å². The fraction of sp³-hybridized carbons (Fsp3) is 0.575. The summed E-state index contributed by atoms with van der Waals surface area (Å²) in [6.07, 6.45) is -1.23. The lowest BCUT2D eigenvalue weighted by Crippen LogP contribution is -2.75. The van der Waals surface area contributed by atoms with Gasteiger partial charge in [0.05, 0.1) is 19.4 Å². The second-order valence-corrected chi connectivity index (χ2v) is 32.4. The Morgan fingerprint density at radius 3 is 2.35 bits per heavy atom. The number of anilines is 1. The lowest BCUT2D eigenvalue weighted by Gasteiger charge is -2.49. The Kier molecular flexibility index (Phi) is 15.0. The van der Waals surface area contributed by atoms with E-state index >= 15 is 0 Å². The number of esters is 1. The molecule has 7 atom stereocenters. The molecule has 3 aromatic heterocycles. The van der Waals surface area contributed by atoms with Gasteiger partial charge in [-0.15, -0.1) is 11.3 Å². The molecule has 2 fully saturated rings. The monoisotopic (exact) mass is 1010 g/mol. The zero-order valence-corrected chi connectivity index (χ0v) is 43.0. The third-order valence-corrected chi connectivity index (χ3v) is 24.7. The molecule has 6 rings (SSSR count). The summed E-state index contributed by atoms with van der Waals surface area (Å²) in [6.45, 7) is 22.5. The first-order valence-electron chi connectivity index (χ1n) is 21.0. The maximum Gasteiger partial charge on any atom is 0.423 e. The molecule has 3 amide bonds. The van der Waals surface area contributed by atoms with Crippen LogP contribution < -0.4 is 15.8 Å². The highest BCUT2D eigenvalue weighted by Crippen LogP contribution is 2.46. The third-order valence-electron chi connectivity index (χ3n) is 12.4. The van der Waals surface area contributed by atoms with Crippen LogP contribution in [0.1, 0.15) is 52.6 Å². The Labute approximate surface area is 392 Å². The summed E-state index contributed by atoms with van der Waals surface area (Å²) < 4.78 is 80.3. The van der Waals surface area contributed by atoms with E-state index in [-0.39, 0.29) is 45.9 Å². The predicted octanol–water partition coefficient (Wildman–Crippen LogP) is 3.78. The molecule has 26 heteroatoms. The van der Waals surface area contributed by atoms with Gasteiger partial charge in [0.25, 0.3) is 5.91 Å². The number of nitrogens with one attached hydrogen (secondary N) is 2. The number of imidazole rings is 1. The molecule has 0 radical (unpaired) electrons. The van der Waals surface area contributed by atoms with Crippen molar-refractivity contribution in [3.05, 3.63) is 59.0 Å². The van der Waals surface area contributed by atoms with E-state index in [2.05, 4.69) is 81.5 Å². The van der Waals surface area contributed by atoms with Crippen molar-refractivity contribution >= 4 is 90.3 Å². The normalized spacial score (nSPS) is 23.9. The van der Waals surface area contributed by atoms with Gasteiger partial charge < -0.3 is 38.7 Å². The molecule has 3 aromatic rings. The highest BCUT2D eigenvalue weighted by atomic mass is 32.2. The zero-order chi connectivity index (χ0) is 48.7. The quantitative estimate of drug-likeness (QED) is 0.0570. The number of fused-ring (bicyclic) bond motifs is 2. The number of hydrogen-bond acceptors (Lipinski definition) is 18. The summed E-state index contributed by atoms with van der Waals surface area (Å²) in [7, 11) is -10.2. The minimum atomic E-state index is -4.93. The van der Waals surface area contributed by atoms with E-state index in [0.29, 0.717) is 11.2 Å². The Morgan fingerprint density at radius 1 is 1.06 bits per heavy atom. The number of aromatic nitrogens is 4. The van der Waals surface area contributed by atoms with E-state index in [1.54, 1.807) is 26.8 Å². The predicted molar refractivity (Wildman–Crippen MR) is 249 cm³/mol. The van der Waals surface area contributed by atoms with Crippen LogP contribution in [-0.4, -0.2) is 133 Å². The molecule has 0 aromatic carbocycles. The van der Waals surface area contributed by atoms with Crippen LogP contribution in [0.4, 0.5) is 10.6 Å². The van der Waals surface area contributed by atoms with Crippen molar-refractivity contribution in [1.29, 1.82) is 0 Å². The Balaban J connectivity index is 1.20. The molecule has 3 aliphatic heterocycles. The van der Waals surface area contributed by atoms with Gasteiger partial charge in [0.1, 0.15) is 54.8 Å². The number of nitrogens with zero attached hydrogens (tertiary/aromatic N) is 5. The van der Waals surface area contributed by atoms with Gasteiger partial charge in [-0.2, -0.15) is 13.1 Å². The number of β-lactam (4-membered cyclic amide) rings is 1. The van der Waals surface area contributed by atoms with Crippen LogP contribution in [0.5, 0.6) is 0 Å². The minimum Gasteiger partial charge on any atom is -0.614 e. The largest absolute Gasteiger partial charge is 0.614 e. The highest BCUT2D eigenvalue weighted by Gasteiger charge is 2.61. The number of ether oxygens (including phenoxy) is 3. The van der Waals surface area contributed by atoms with E-state index in [4.69, 9.17) is 33.0 Å². The van der Waals surface area contributed by atoms with Crippen molar-refractivity contribution in [1.82, 2.24) is 34.5 Å². The van der Waals surface area contributed by atoms with Crippen molar-refractivity contribution in [2.75, 3.05) is 31.3 Å². The summed E-state index contributed by atoms with van der Waals surface area (Å²) in [5.74, 6) is -2.46. The number of nitrogen functional groups attached to an aromatic ring is 1. The van der Waals surface area contributed by atoms with Crippen molar-refractivity contribution in [3.63, 3.8) is 0 Å². The van der Waals surface area contributed by atoms with Crippen LogP contribution in [0.2, 0.25) is 36.3 Å². The molecule has 21 nitrogen and oxygen atoms in total. The Morgan fingerprint density at radius 2 is 1.73 bits per heavy atom. The molecular formula is C40H58N8O13S3Si2. The lowest BCUT2D eigenvalue weighted by atomic mass is 10.0. The second kappa shape index (κ2) is 19.4. The summed E-state index contributed by atoms with van der Waals surface area (Å²) in [4.78, 5) is 67.2. The van der Waals surface area contributed by atoms with Crippen molar-refractivity contribution in [2.45, 2.75) is 120 Å². The van der Waals surface area contributed by atoms with Crippen LogP contribution >= 0.6 is 11.3 Å². The molecule has 0 spiro atoms. The maximum atomic E-state index is 13.5. The van der Waals surface area contributed by atoms with Crippen molar-refractivity contribution in [3.8, 4) is 0 Å². The van der Waals surface area contributed by atoms with Crippen LogP contribution in [-0.2, 0) is 69.5 Å². The molecule has 2 saturated heterocycles. The standard InChI is InChI=1S/C40H58N8O13S3Si2/c1-12-15-56-37(51)29-23(20-63(53)36-28(34(50)48(29)36)45-26(49)17-24-14-13-16-62-24)18-57-38(52)46-64(54,55)58-19-25-30(60-65(8,9)39(2,3)4)31(61-66(10,11)40(5,6)7)35(59-25)47-22-44-27-32(41)42-21-43-33(27)47/h12-14,16,21-22,25,28,30-31,35-36H,1,15,17-20H2,2-11H3,(H,45,49)(H,46,52)(H2,41,42,43)/t25-,28-,30?,31?,35-,36-,63?/m1/s1. The van der Waals surface area contributed by atoms with Gasteiger partial charge >= 0.3 is 22.4 Å². The topological polar surface area (TPSA) is 278 Å². The highest BCUT2D eigenvalue weighted by molar-refractivity contribution is 7.92. The number of rotatable bonds is 17. The summed E-state index contributed by atoms with van der Waals surface area (Å²) >= 11 is -0.541. The maximum absolute atomic E-state index is 13.5. The number of amides is 3. The average molecular weight is 1010 g/mol. The van der Waals surface area contributed by atoms with Gasteiger partial charge in [0.15, 0.2) is 40.4 Å². The number of nitrogens with two attached hydrogens (primary N) is 1. The molecule has 66 heavy (non-hydrogen) atoms. The molecule has 6 heterocycles. The fourth-order valence-corrected chi connectivity index (χ4v) is 12.5. The van der Waals surface area contributed by atoms with Gasteiger partial charge in [-0.05, 0) is 58.9 Å². The first kappa shape index (κ1) is 51.1. The minimum absolute atomic E-state index is 0.00795. The molecule has 3 unspecified atom stereocenters. The third kappa shape index (κ3) is 10.9. The molecule has 4 N–H and O–H groups in total. The Bertz CT molecular complexity index is 2470. The van der Waals surface area contributed by atoms with E-state index in [1.165, 1.54) is 30.1 Å². The number of thiophene rings is 1. The smallest absolute Gasteiger partial charge is 0.423 e. The second-order valence-electron chi connectivity index (χ2n) is 19.0. The van der Waals surface area contributed by atoms with Crippen molar-refractivity contribution in [2.24, 2.45) is 0 Å². The van der Waals surface area contributed by atoms with Gasteiger partial charge in [0, 0.05) is 10.5 Å². The first-order valence-corrected chi connectivity index (χ1v) is 30.4. The van der Waals surface area contributed by atoms with E-state index in [9.17, 15) is 32.1 Å². The average Bonchev–Trinajstić information content (AvgIpc) is 3.96. The van der Waals surface area contributed by atoms with Crippen molar-refractivity contribution < 1.29 is 59.4 Å². The number of carbonyl (C=O) groups is 4. The molecule has 0 saturated carbocycles. The SMILES string of the molecule is C=CCOC(=O)C1=C(COC(=O)NS(=O)(=O)OC[C@H]2O[C@@H](n3cnc4c(N)ncnc43)C(O[Si](C)(C)C(C)(C)C)C2O[Si](C)(C)C(C)(C)C)C[S+]([O-])[C@@H]2[C@H](NC(=O)Cc3cccs3)C(=O)N12.